The van der Waals surface area contributed by atoms with Gasteiger partial charge in [-0.3, -0.25) is 0 Å². The summed E-state index contributed by atoms with van der Waals surface area (Å²) >= 11 is 0. The number of fused-ring (bicyclic) bond motifs is 3. The van der Waals surface area contributed by atoms with Crippen LogP contribution in [0.15, 0.2) is 72.8 Å². The van der Waals surface area contributed by atoms with E-state index in [-0.39, 0.29) is 6.04 Å². The molecule has 3 aromatic carbocycles. The first kappa shape index (κ1) is 18.2. The van der Waals surface area contributed by atoms with Crippen molar-refractivity contribution in [3.05, 3.63) is 95.1 Å². The maximum Gasteiger partial charge on any atom is 0.123 e. The molecule has 0 bridgehead atoms. The molecule has 5 rings (SSSR count). The molecule has 3 atom stereocenters. The molecule has 1 saturated heterocycles. The number of hydrogen-bond acceptors (Lipinski definition) is 4. The van der Waals surface area contributed by atoms with Crippen molar-refractivity contribution in [3.8, 4) is 5.75 Å². The Morgan fingerprint density at radius 2 is 1.69 bits per heavy atom. The van der Waals surface area contributed by atoms with Crippen LogP contribution in [-0.2, 0) is 6.54 Å². The van der Waals surface area contributed by atoms with Gasteiger partial charge in [0.25, 0.3) is 0 Å². The monoisotopic (exact) mass is 385 g/mol. The van der Waals surface area contributed by atoms with Crippen LogP contribution in [0.4, 0.5) is 5.69 Å². The Morgan fingerprint density at radius 3 is 2.52 bits per heavy atom. The van der Waals surface area contributed by atoms with Crippen molar-refractivity contribution in [1.29, 1.82) is 0 Å². The van der Waals surface area contributed by atoms with E-state index in [0.717, 1.165) is 18.8 Å². The van der Waals surface area contributed by atoms with Gasteiger partial charge in [0.05, 0.1) is 19.2 Å². The van der Waals surface area contributed by atoms with Crippen LogP contribution in [0.1, 0.15) is 34.3 Å². The van der Waals surface area contributed by atoms with Crippen LogP contribution in [0.3, 0.4) is 0 Å². The van der Waals surface area contributed by atoms with Gasteiger partial charge < -0.3 is 9.64 Å². The third-order valence-corrected chi connectivity index (χ3v) is 6.25. The van der Waals surface area contributed by atoms with Crippen LogP contribution < -0.4 is 20.5 Å². The Kier molecular flexibility index (Phi) is 4.74. The molecule has 0 aromatic heterocycles. The molecule has 0 aliphatic carbocycles. The highest BCUT2D eigenvalue weighted by atomic mass is 16.5. The first-order chi connectivity index (χ1) is 14.2. The number of nitrogens with one attached hydrogen (secondary N) is 2. The third-order valence-electron chi connectivity index (χ3n) is 6.25. The first-order valence-corrected chi connectivity index (χ1v) is 10.3. The molecule has 1 fully saturated rings. The van der Waals surface area contributed by atoms with Gasteiger partial charge in [0.1, 0.15) is 5.75 Å². The largest absolute Gasteiger partial charge is 0.496 e. The SMILES string of the molecule is COc1ccccc1CN1CC2C(c3ccccc3)NNC2c2cc(C)ccc21. The van der Waals surface area contributed by atoms with Crippen LogP contribution in [0, 0.1) is 12.8 Å². The van der Waals surface area contributed by atoms with Crippen LogP contribution in [0.25, 0.3) is 0 Å². The number of aryl methyl sites for hydroxylation is 1. The van der Waals surface area contributed by atoms with Gasteiger partial charge in [0.15, 0.2) is 0 Å². The number of hydrazine groups is 1. The highest BCUT2D eigenvalue weighted by Gasteiger charge is 2.43. The molecule has 3 aromatic rings. The van der Waals surface area contributed by atoms with E-state index in [1.165, 1.54) is 27.9 Å². The fraction of sp³-hybridized carbons (Fsp3) is 0.280. The number of rotatable bonds is 4. The quantitative estimate of drug-likeness (QED) is 0.692. The highest BCUT2D eigenvalue weighted by molar-refractivity contribution is 5.60. The summed E-state index contributed by atoms with van der Waals surface area (Å²) in [5.41, 5.74) is 13.7. The molecule has 2 N–H and O–H groups in total. The predicted octanol–water partition coefficient (Wildman–Crippen LogP) is 4.53. The summed E-state index contributed by atoms with van der Waals surface area (Å²) in [4.78, 5) is 2.51. The van der Waals surface area contributed by atoms with Gasteiger partial charge in [0, 0.05) is 30.3 Å². The van der Waals surface area contributed by atoms with E-state index in [0.29, 0.717) is 12.0 Å². The molecule has 2 aliphatic heterocycles. The summed E-state index contributed by atoms with van der Waals surface area (Å²) in [6.45, 7) is 3.99. The molecule has 2 heterocycles. The summed E-state index contributed by atoms with van der Waals surface area (Å²) in [6.07, 6.45) is 0. The molecule has 0 saturated carbocycles. The van der Waals surface area contributed by atoms with Crippen molar-refractivity contribution in [3.63, 3.8) is 0 Å². The van der Waals surface area contributed by atoms with E-state index >= 15 is 0 Å². The first-order valence-electron chi connectivity index (χ1n) is 10.3. The number of methoxy groups -OCH3 is 1. The van der Waals surface area contributed by atoms with Crippen molar-refractivity contribution in [2.75, 3.05) is 18.6 Å². The Morgan fingerprint density at radius 1 is 0.931 bits per heavy atom. The Labute approximate surface area is 172 Å². The Balaban J connectivity index is 1.53. The summed E-state index contributed by atoms with van der Waals surface area (Å²) in [7, 11) is 1.75. The van der Waals surface area contributed by atoms with Crippen molar-refractivity contribution < 1.29 is 4.74 Å². The fourth-order valence-corrected chi connectivity index (χ4v) is 4.85. The minimum atomic E-state index is 0.287. The minimum absolute atomic E-state index is 0.287. The van der Waals surface area contributed by atoms with E-state index in [9.17, 15) is 0 Å². The smallest absolute Gasteiger partial charge is 0.123 e. The number of anilines is 1. The average molecular weight is 386 g/mol. The lowest BCUT2D eigenvalue weighted by Crippen LogP contribution is -2.39. The van der Waals surface area contributed by atoms with Crippen LogP contribution >= 0.6 is 0 Å². The molecular weight excluding hydrogens is 358 g/mol. The van der Waals surface area contributed by atoms with Gasteiger partial charge >= 0.3 is 0 Å². The summed E-state index contributed by atoms with van der Waals surface area (Å²) in [5, 5.41) is 0. The Hall–Kier alpha value is -2.82. The van der Waals surface area contributed by atoms with Gasteiger partial charge in [-0.05, 0) is 30.2 Å². The number of benzene rings is 3. The molecule has 0 spiro atoms. The second-order valence-corrected chi connectivity index (χ2v) is 8.07. The Bertz CT molecular complexity index is 1000. The molecule has 0 amide bonds. The topological polar surface area (TPSA) is 36.5 Å². The maximum absolute atomic E-state index is 5.62. The minimum Gasteiger partial charge on any atom is -0.496 e. The molecule has 4 nitrogen and oxygen atoms in total. The molecule has 4 heteroatoms. The fourth-order valence-electron chi connectivity index (χ4n) is 4.85. The van der Waals surface area contributed by atoms with Gasteiger partial charge in [-0.2, -0.15) is 0 Å². The molecular formula is C25H27N3O. The van der Waals surface area contributed by atoms with Crippen molar-refractivity contribution in [2.24, 2.45) is 5.92 Å². The molecule has 29 heavy (non-hydrogen) atoms. The lowest BCUT2D eigenvalue weighted by Gasteiger charge is -2.39. The molecule has 0 radical (unpaired) electrons. The zero-order valence-electron chi connectivity index (χ0n) is 16.9. The number of ether oxygens (including phenoxy) is 1. The van der Waals surface area contributed by atoms with Crippen LogP contribution in [-0.4, -0.2) is 13.7 Å². The van der Waals surface area contributed by atoms with Gasteiger partial charge in [0.2, 0.25) is 0 Å². The summed E-state index contributed by atoms with van der Waals surface area (Å²) in [6, 6.07) is 26.5. The number of para-hydroxylation sites is 1. The van der Waals surface area contributed by atoms with Crippen molar-refractivity contribution in [1.82, 2.24) is 10.9 Å². The number of hydrogen-bond donors (Lipinski definition) is 2. The van der Waals surface area contributed by atoms with Crippen LogP contribution in [0.5, 0.6) is 5.75 Å². The second-order valence-electron chi connectivity index (χ2n) is 8.07. The highest BCUT2D eigenvalue weighted by Crippen LogP contribution is 2.46. The van der Waals surface area contributed by atoms with Gasteiger partial charge in [-0.1, -0.05) is 66.2 Å². The predicted molar refractivity (Wildman–Crippen MR) is 117 cm³/mol. The average Bonchev–Trinajstić information content (AvgIpc) is 3.19. The van der Waals surface area contributed by atoms with E-state index < -0.39 is 0 Å². The lowest BCUT2D eigenvalue weighted by atomic mass is 9.81. The summed E-state index contributed by atoms with van der Waals surface area (Å²) < 4.78 is 5.62. The third kappa shape index (κ3) is 3.28. The van der Waals surface area contributed by atoms with Gasteiger partial charge in [-0.25, -0.2) is 10.9 Å². The van der Waals surface area contributed by atoms with E-state index in [1.807, 2.05) is 12.1 Å². The van der Waals surface area contributed by atoms with Crippen LogP contribution in [0.2, 0.25) is 0 Å². The maximum atomic E-state index is 5.62. The molecule has 2 aliphatic rings. The number of nitrogens with zero attached hydrogens (tertiary/aromatic N) is 1. The zero-order chi connectivity index (χ0) is 19.8. The van der Waals surface area contributed by atoms with Crippen molar-refractivity contribution in [2.45, 2.75) is 25.6 Å². The normalized spacial score (nSPS) is 22.8. The zero-order valence-corrected chi connectivity index (χ0v) is 16.9. The van der Waals surface area contributed by atoms with Gasteiger partial charge in [-0.15, -0.1) is 0 Å². The standard InChI is InChI=1S/C25H27N3O/c1-17-12-13-22-20(14-17)25-21(24(26-27-25)18-8-4-3-5-9-18)16-28(22)15-19-10-6-7-11-23(19)29-2/h3-14,21,24-27H,15-16H2,1-2H3. The van der Waals surface area contributed by atoms with E-state index in [1.54, 1.807) is 7.11 Å². The van der Waals surface area contributed by atoms with E-state index in [4.69, 9.17) is 4.74 Å². The second kappa shape index (κ2) is 7.54. The van der Waals surface area contributed by atoms with E-state index in [2.05, 4.69) is 83.3 Å². The molecule has 148 valence electrons. The summed E-state index contributed by atoms with van der Waals surface area (Å²) in [5.74, 6) is 1.40. The molecule has 3 unspecified atom stereocenters. The lowest BCUT2D eigenvalue weighted by molar-refractivity contribution is 0.393. The van der Waals surface area contributed by atoms with Crippen molar-refractivity contribution >= 4 is 5.69 Å².